The van der Waals surface area contributed by atoms with Gasteiger partial charge in [0.2, 0.25) is 5.91 Å². The van der Waals surface area contributed by atoms with E-state index >= 15 is 0 Å². The number of rotatable bonds is 3. The van der Waals surface area contributed by atoms with E-state index in [-0.39, 0.29) is 10.8 Å². The second kappa shape index (κ2) is 5.73. The highest BCUT2D eigenvalue weighted by atomic mass is 32.2. The minimum absolute atomic E-state index is 0.224. The van der Waals surface area contributed by atoms with Gasteiger partial charge < -0.3 is 5.32 Å². The van der Waals surface area contributed by atoms with Crippen molar-refractivity contribution in [2.24, 2.45) is 0 Å². The van der Waals surface area contributed by atoms with Crippen LogP contribution in [0.3, 0.4) is 0 Å². The zero-order valence-corrected chi connectivity index (χ0v) is 14.6. The average Bonchev–Trinajstić information content (AvgIpc) is 2.76. The van der Waals surface area contributed by atoms with Gasteiger partial charge in [-0.3, -0.25) is 9.52 Å². The molecule has 2 aromatic rings. The zero-order valence-electron chi connectivity index (χ0n) is 13.8. The molecule has 1 aliphatic rings. The van der Waals surface area contributed by atoms with Crippen LogP contribution in [0.5, 0.6) is 0 Å². The molecular weight excluding hydrogens is 369 g/mol. The second-order valence-corrected chi connectivity index (χ2v) is 8.12. The SMILES string of the molecule is CC1(C)C(=O)Nc2ccc(S(=O)(=O)Nc3ccccc3C(F)(F)F)cc21. The number of carbonyl (C=O) groups excluding carboxylic acids is 1. The van der Waals surface area contributed by atoms with Gasteiger partial charge in [0.15, 0.2) is 0 Å². The van der Waals surface area contributed by atoms with Gasteiger partial charge in [-0.2, -0.15) is 13.2 Å². The Bertz CT molecular complexity index is 999. The monoisotopic (exact) mass is 384 g/mol. The highest BCUT2D eigenvalue weighted by Gasteiger charge is 2.39. The highest BCUT2D eigenvalue weighted by Crippen LogP contribution is 2.39. The minimum atomic E-state index is -4.70. The summed E-state index contributed by atoms with van der Waals surface area (Å²) in [6.07, 6.45) is -4.70. The molecule has 2 N–H and O–H groups in total. The van der Waals surface area contributed by atoms with Crippen LogP contribution in [0.15, 0.2) is 47.4 Å². The van der Waals surface area contributed by atoms with E-state index in [4.69, 9.17) is 0 Å². The first-order valence-corrected chi connectivity index (χ1v) is 9.06. The van der Waals surface area contributed by atoms with Gasteiger partial charge in [0, 0.05) is 5.69 Å². The lowest BCUT2D eigenvalue weighted by atomic mass is 9.86. The van der Waals surface area contributed by atoms with E-state index in [2.05, 4.69) is 5.32 Å². The maximum atomic E-state index is 13.1. The number of hydrogen-bond donors (Lipinski definition) is 2. The highest BCUT2D eigenvalue weighted by molar-refractivity contribution is 7.92. The van der Waals surface area contributed by atoms with E-state index < -0.39 is 32.9 Å². The average molecular weight is 384 g/mol. The topological polar surface area (TPSA) is 75.3 Å². The lowest BCUT2D eigenvalue weighted by Crippen LogP contribution is -2.27. The van der Waals surface area contributed by atoms with Crippen LogP contribution in [0.2, 0.25) is 0 Å². The number of fused-ring (bicyclic) bond motifs is 1. The molecule has 0 unspecified atom stereocenters. The number of para-hydroxylation sites is 1. The van der Waals surface area contributed by atoms with Crippen molar-refractivity contribution in [2.45, 2.75) is 30.3 Å². The van der Waals surface area contributed by atoms with E-state index in [1.54, 1.807) is 13.8 Å². The zero-order chi connectivity index (χ0) is 19.3. The molecule has 0 saturated carbocycles. The Morgan fingerprint density at radius 3 is 2.38 bits per heavy atom. The largest absolute Gasteiger partial charge is 0.418 e. The van der Waals surface area contributed by atoms with Crippen LogP contribution < -0.4 is 10.0 Å². The molecule has 2 aromatic carbocycles. The van der Waals surface area contributed by atoms with Crippen LogP contribution >= 0.6 is 0 Å². The van der Waals surface area contributed by atoms with Crippen molar-refractivity contribution >= 4 is 27.3 Å². The maximum Gasteiger partial charge on any atom is 0.418 e. The molecule has 0 saturated heterocycles. The number of amides is 1. The fourth-order valence-electron chi connectivity index (χ4n) is 2.74. The van der Waals surface area contributed by atoms with E-state index in [1.807, 2.05) is 4.72 Å². The lowest BCUT2D eigenvalue weighted by Gasteiger charge is -2.17. The molecule has 1 aliphatic heterocycles. The van der Waals surface area contributed by atoms with Crippen molar-refractivity contribution in [3.63, 3.8) is 0 Å². The number of carbonyl (C=O) groups is 1. The van der Waals surface area contributed by atoms with Gasteiger partial charge >= 0.3 is 6.18 Å². The number of benzene rings is 2. The quantitative estimate of drug-likeness (QED) is 0.847. The van der Waals surface area contributed by atoms with E-state index in [9.17, 15) is 26.4 Å². The smallest absolute Gasteiger partial charge is 0.325 e. The van der Waals surface area contributed by atoms with Crippen LogP contribution in [0.1, 0.15) is 25.0 Å². The van der Waals surface area contributed by atoms with Crippen LogP contribution in [-0.2, 0) is 26.4 Å². The van der Waals surface area contributed by atoms with Gasteiger partial charge in [-0.15, -0.1) is 0 Å². The molecule has 0 aliphatic carbocycles. The Balaban J connectivity index is 2.02. The summed E-state index contributed by atoms with van der Waals surface area (Å²) in [4.78, 5) is 11.7. The van der Waals surface area contributed by atoms with Crippen molar-refractivity contribution in [2.75, 3.05) is 10.0 Å². The third-order valence-electron chi connectivity index (χ3n) is 4.27. The summed E-state index contributed by atoms with van der Waals surface area (Å²) >= 11 is 0. The fraction of sp³-hybridized carbons (Fsp3) is 0.235. The molecule has 0 bridgehead atoms. The summed E-state index contributed by atoms with van der Waals surface area (Å²) < 4.78 is 66.4. The number of sulfonamides is 1. The van der Waals surface area contributed by atoms with Gasteiger partial charge in [-0.25, -0.2) is 8.42 Å². The molecule has 0 atom stereocenters. The van der Waals surface area contributed by atoms with E-state index in [1.165, 1.54) is 30.3 Å². The maximum absolute atomic E-state index is 13.1. The lowest BCUT2D eigenvalue weighted by molar-refractivity contribution is -0.136. The molecule has 26 heavy (non-hydrogen) atoms. The molecule has 5 nitrogen and oxygen atoms in total. The van der Waals surface area contributed by atoms with Crippen LogP contribution in [0.25, 0.3) is 0 Å². The molecule has 1 amide bonds. The number of alkyl halides is 3. The predicted octanol–water partition coefficient (Wildman–Crippen LogP) is 3.74. The van der Waals surface area contributed by atoms with Crippen LogP contribution in [0.4, 0.5) is 24.5 Å². The van der Waals surface area contributed by atoms with Gasteiger partial charge in [0.1, 0.15) is 0 Å². The van der Waals surface area contributed by atoms with Gasteiger partial charge in [0.05, 0.1) is 21.6 Å². The summed E-state index contributed by atoms with van der Waals surface area (Å²) in [6.45, 7) is 3.27. The summed E-state index contributed by atoms with van der Waals surface area (Å²) in [5.74, 6) is -0.280. The molecule has 9 heteroatoms. The van der Waals surface area contributed by atoms with Crippen molar-refractivity contribution < 1.29 is 26.4 Å². The third kappa shape index (κ3) is 3.03. The summed E-state index contributed by atoms with van der Waals surface area (Å²) in [6, 6.07) is 8.28. The van der Waals surface area contributed by atoms with Crippen molar-refractivity contribution in [1.29, 1.82) is 0 Å². The van der Waals surface area contributed by atoms with Gasteiger partial charge in [0.25, 0.3) is 10.0 Å². The Morgan fingerprint density at radius 1 is 1.08 bits per heavy atom. The third-order valence-corrected chi connectivity index (χ3v) is 5.63. The number of nitrogens with one attached hydrogen (secondary N) is 2. The molecule has 0 spiro atoms. The summed E-state index contributed by atoms with van der Waals surface area (Å²) in [7, 11) is -4.27. The number of halogens is 3. The molecule has 0 aromatic heterocycles. The van der Waals surface area contributed by atoms with E-state index in [0.717, 1.165) is 12.1 Å². The molecule has 0 radical (unpaired) electrons. The Kier molecular flexibility index (Phi) is 4.02. The Morgan fingerprint density at radius 2 is 1.73 bits per heavy atom. The first-order chi connectivity index (χ1) is 11.9. The molecule has 3 rings (SSSR count). The molecule has 138 valence electrons. The molecule has 1 heterocycles. The van der Waals surface area contributed by atoms with Gasteiger partial charge in [-0.05, 0) is 49.7 Å². The number of anilines is 2. The Labute approximate surface area is 148 Å². The van der Waals surface area contributed by atoms with E-state index in [0.29, 0.717) is 11.3 Å². The summed E-state index contributed by atoms with van der Waals surface area (Å²) in [5.41, 5.74) is -1.63. The van der Waals surface area contributed by atoms with Crippen molar-refractivity contribution in [3.05, 3.63) is 53.6 Å². The Hall–Kier alpha value is -2.55. The minimum Gasteiger partial charge on any atom is -0.325 e. The fourth-order valence-corrected chi connectivity index (χ4v) is 3.85. The van der Waals surface area contributed by atoms with Crippen LogP contribution in [-0.4, -0.2) is 14.3 Å². The van der Waals surface area contributed by atoms with Crippen molar-refractivity contribution in [3.8, 4) is 0 Å². The van der Waals surface area contributed by atoms with Crippen molar-refractivity contribution in [1.82, 2.24) is 0 Å². The normalized spacial score (nSPS) is 16.1. The summed E-state index contributed by atoms with van der Waals surface area (Å²) in [5, 5.41) is 2.64. The molecular formula is C17H15F3N2O3S. The second-order valence-electron chi connectivity index (χ2n) is 6.44. The van der Waals surface area contributed by atoms with Crippen LogP contribution in [0, 0.1) is 0 Å². The number of hydrogen-bond acceptors (Lipinski definition) is 3. The first kappa shape index (κ1) is 18.2. The van der Waals surface area contributed by atoms with Gasteiger partial charge in [-0.1, -0.05) is 12.1 Å². The predicted molar refractivity (Wildman–Crippen MR) is 90.4 cm³/mol. The standard InChI is InChI=1S/C17H15F3N2O3S/c1-16(2)12-9-10(7-8-13(12)21-15(16)23)26(24,25)22-14-6-4-3-5-11(14)17(18,19)20/h3-9,22H,1-2H3,(H,21,23). The molecule has 0 fully saturated rings. The first-order valence-electron chi connectivity index (χ1n) is 7.58.